The summed E-state index contributed by atoms with van der Waals surface area (Å²) in [6.07, 6.45) is 1.55. The number of nitrogens with one attached hydrogen (secondary N) is 1. The summed E-state index contributed by atoms with van der Waals surface area (Å²) < 4.78 is 4.85. The molecule has 0 aromatic heterocycles. The van der Waals surface area contributed by atoms with Gasteiger partial charge in [-0.1, -0.05) is 26.0 Å². The zero-order valence-electron chi connectivity index (χ0n) is 12.7. The molecule has 0 fully saturated rings. The van der Waals surface area contributed by atoms with Crippen molar-refractivity contribution in [1.29, 1.82) is 0 Å². The minimum Gasteiger partial charge on any atom is -0.508 e. The molecule has 2 atom stereocenters. The molecular formula is C16H25NO3. The summed E-state index contributed by atoms with van der Waals surface area (Å²) in [4.78, 5) is 11.8. The Labute approximate surface area is 121 Å². The van der Waals surface area contributed by atoms with Crippen LogP contribution in [0.5, 0.6) is 5.75 Å². The molecule has 4 heteroatoms. The second-order valence-electron chi connectivity index (χ2n) is 5.64. The van der Waals surface area contributed by atoms with Crippen LogP contribution in [-0.2, 0) is 16.0 Å². The predicted molar refractivity (Wildman–Crippen MR) is 79.7 cm³/mol. The molecule has 0 bridgehead atoms. The molecular weight excluding hydrogens is 254 g/mol. The molecule has 0 amide bonds. The summed E-state index contributed by atoms with van der Waals surface area (Å²) in [5.41, 5.74) is 1.12. The van der Waals surface area contributed by atoms with Crippen molar-refractivity contribution in [1.82, 2.24) is 5.32 Å². The molecule has 4 nitrogen and oxygen atoms in total. The van der Waals surface area contributed by atoms with E-state index in [1.807, 2.05) is 19.1 Å². The van der Waals surface area contributed by atoms with Crippen molar-refractivity contribution in [3.05, 3.63) is 29.8 Å². The fraction of sp³-hybridized carbons (Fsp3) is 0.562. The predicted octanol–water partition coefficient (Wildman–Crippen LogP) is 2.50. The number of carbonyl (C=O) groups is 1. The molecule has 2 unspecified atom stereocenters. The monoisotopic (exact) mass is 279 g/mol. The van der Waals surface area contributed by atoms with E-state index in [1.54, 1.807) is 12.1 Å². The summed E-state index contributed by atoms with van der Waals surface area (Å²) in [6, 6.07) is 7.02. The third-order valence-corrected chi connectivity index (χ3v) is 3.16. The van der Waals surface area contributed by atoms with E-state index in [0.717, 1.165) is 18.4 Å². The minimum atomic E-state index is -0.271. The van der Waals surface area contributed by atoms with Crippen molar-refractivity contribution in [2.24, 2.45) is 5.92 Å². The van der Waals surface area contributed by atoms with Crippen molar-refractivity contribution in [3.63, 3.8) is 0 Å². The van der Waals surface area contributed by atoms with E-state index in [9.17, 15) is 9.90 Å². The number of hydrogen-bond donors (Lipinski definition) is 2. The molecule has 112 valence electrons. The van der Waals surface area contributed by atoms with Gasteiger partial charge in [-0.15, -0.1) is 0 Å². The van der Waals surface area contributed by atoms with E-state index in [4.69, 9.17) is 4.74 Å². The normalized spacial score (nSPS) is 14.1. The van der Waals surface area contributed by atoms with Crippen LogP contribution in [0.3, 0.4) is 0 Å². The maximum Gasteiger partial charge on any atom is 0.322 e. The smallest absolute Gasteiger partial charge is 0.322 e. The summed E-state index contributed by atoms with van der Waals surface area (Å²) in [5.74, 6) is 0.477. The van der Waals surface area contributed by atoms with Crippen LogP contribution < -0.4 is 5.32 Å². The molecule has 0 aliphatic rings. The molecule has 0 aliphatic carbocycles. The van der Waals surface area contributed by atoms with Gasteiger partial charge in [0.05, 0.1) is 7.11 Å². The lowest BCUT2D eigenvalue weighted by Gasteiger charge is -2.23. The third kappa shape index (κ3) is 5.61. The number of phenols is 1. The van der Waals surface area contributed by atoms with Crippen LogP contribution in [0.1, 0.15) is 32.8 Å². The molecule has 0 saturated heterocycles. The maximum absolute atomic E-state index is 11.8. The molecule has 20 heavy (non-hydrogen) atoms. The Hall–Kier alpha value is -1.55. The highest BCUT2D eigenvalue weighted by atomic mass is 16.5. The molecule has 0 spiro atoms. The number of benzene rings is 1. The van der Waals surface area contributed by atoms with Crippen LogP contribution in [0.4, 0.5) is 0 Å². The lowest BCUT2D eigenvalue weighted by Crippen LogP contribution is -2.44. The molecule has 0 radical (unpaired) electrons. The molecule has 0 heterocycles. The van der Waals surface area contributed by atoms with Gasteiger partial charge >= 0.3 is 5.97 Å². The zero-order chi connectivity index (χ0) is 15.1. The fourth-order valence-corrected chi connectivity index (χ4v) is 2.23. The number of ether oxygens (including phenoxy) is 1. The van der Waals surface area contributed by atoms with E-state index >= 15 is 0 Å². The average Bonchev–Trinajstić information content (AvgIpc) is 2.39. The minimum absolute atomic E-state index is 0.155. The number of hydrogen-bond acceptors (Lipinski definition) is 4. The van der Waals surface area contributed by atoms with Gasteiger partial charge in [-0.2, -0.15) is 0 Å². The van der Waals surface area contributed by atoms with E-state index in [2.05, 4.69) is 19.2 Å². The topological polar surface area (TPSA) is 58.6 Å². The Balaban J connectivity index is 2.58. The molecule has 1 aromatic carbocycles. The quantitative estimate of drug-likeness (QED) is 0.753. The maximum atomic E-state index is 11.8. The van der Waals surface area contributed by atoms with Crippen LogP contribution in [-0.4, -0.2) is 30.3 Å². The van der Waals surface area contributed by atoms with Gasteiger partial charge in [-0.3, -0.25) is 4.79 Å². The molecule has 0 aliphatic heterocycles. The molecule has 1 aromatic rings. The highest BCUT2D eigenvalue weighted by Crippen LogP contribution is 2.13. The van der Waals surface area contributed by atoms with E-state index in [-0.39, 0.29) is 23.8 Å². The van der Waals surface area contributed by atoms with Crippen LogP contribution >= 0.6 is 0 Å². The SMILES string of the molecule is COC(=O)C(CC(C)C)NC(C)Cc1ccc(O)cc1. The first-order valence-electron chi connectivity index (χ1n) is 7.04. The first-order valence-corrected chi connectivity index (χ1v) is 7.04. The van der Waals surface area contributed by atoms with Crippen LogP contribution in [0.15, 0.2) is 24.3 Å². The van der Waals surface area contributed by atoms with Crippen molar-refractivity contribution in [3.8, 4) is 5.75 Å². The van der Waals surface area contributed by atoms with E-state index < -0.39 is 0 Å². The molecule has 2 N–H and O–H groups in total. The van der Waals surface area contributed by atoms with E-state index in [0.29, 0.717) is 5.92 Å². The number of carbonyl (C=O) groups excluding carboxylic acids is 1. The largest absolute Gasteiger partial charge is 0.508 e. The number of esters is 1. The van der Waals surface area contributed by atoms with Crippen molar-refractivity contribution in [2.75, 3.05) is 7.11 Å². The van der Waals surface area contributed by atoms with Crippen LogP contribution in [0, 0.1) is 5.92 Å². The summed E-state index contributed by atoms with van der Waals surface area (Å²) >= 11 is 0. The Morgan fingerprint density at radius 2 is 1.85 bits per heavy atom. The summed E-state index contributed by atoms with van der Waals surface area (Å²) in [7, 11) is 1.42. The van der Waals surface area contributed by atoms with Gasteiger partial charge < -0.3 is 15.2 Å². The van der Waals surface area contributed by atoms with Crippen LogP contribution in [0.25, 0.3) is 0 Å². The third-order valence-electron chi connectivity index (χ3n) is 3.16. The molecule has 1 rings (SSSR count). The summed E-state index contributed by atoms with van der Waals surface area (Å²) in [6.45, 7) is 6.22. The highest BCUT2D eigenvalue weighted by molar-refractivity contribution is 5.75. The average molecular weight is 279 g/mol. The standard InChI is InChI=1S/C16H25NO3/c1-11(2)9-15(16(19)20-4)17-12(3)10-13-5-7-14(18)8-6-13/h5-8,11-12,15,17-18H,9-10H2,1-4H3. The number of rotatable bonds is 7. The second kappa shape index (κ2) is 7.90. The number of methoxy groups -OCH3 is 1. The summed E-state index contributed by atoms with van der Waals surface area (Å²) in [5, 5.41) is 12.6. The second-order valence-corrected chi connectivity index (χ2v) is 5.64. The first-order chi connectivity index (χ1) is 9.42. The van der Waals surface area contributed by atoms with Gasteiger partial charge in [0.25, 0.3) is 0 Å². The number of aromatic hydroxyl groups is 1. The van der Waals surface area contributed by atoms with Gasteiger partial charge in [0.15, 0.2) is 0 Å². The highest BCUT2D eigenvalue weighted by Gasteiger charge is 2.22. The Morgan fingerprint density at radius 3 is 2.35 bits per heavy atom. The zero-order valence-corrected chi connectivity index (χ0v) is 12.7. The lowest BCUT2D eigenvalue weighted by molar-refractivity contribution is -0.143. The lowest BCUT2D eigenvalue weighted by atomic mass is 10.0. The van der Waals surface area contributed by atoms with Gasteiger partial charge in [0.2, 0.25) is 0 Å². The number of phenolic OH excluding ortho intramolecular Hbond substituents is 1. The van der Waals surface area contributed by atoms with Gasteiger partial charge in [-0.25, -0.2) is 0 Å². The first kappa shape index (κ1) is 16.5. The fourth-order valence-electron chi connectivity index (χ4n) is 2.23. The van der Waals surface area contributed by atoms with Crippen LogP contribution in [0.2, 0.25) is 0 Å². The van der Waals surface area contributed by atoms with E-state index in [1.165, 1.54) is 7.11 Å². The van der Waals surface area contributed by atoms with Crippen molar-refractivity contribution < 1.29 is 14.6 Å². The van der Waals surface area contributed by atoms with Gasteiger partial charge in [0.1, 0.15) is 11.8 Å². The molecule has 0 saturated carbocycles. The van der Waals surface area contributed by atoms with Crippen molar-refractivity contribution in [2.45, 2.75) is 45.7 Å². The van der Waals surface area contributed by atoms with Gasteiger partial charge in [-0.05, 0) is 43.4 Å². The van der Waals surface area contributed by atoms with Gasteiger partial charge in [0, 0.05) is 6.04 Å². The Bertz CT molecular complexity index is 414. The Kier molecular flexibility index (Phi) is 6.52. The van der Waals surface area contributed by atoms with Crippen molar-refractivity contribution >= 4 is 5.97 Å². The Morgan fingerprint density at radius 1 is 1.25 bits per heavy atom.